The number of anilines is 1. The Labute approximate surface area is 160 Å². The number of esters is 1. The van der Waals surface area contributed by atoms with Crippen LogP contribution in [0.1, 0.15) is 67.7 Å². The highest BCUT2D eigenvalue weighted by molar-refractivity contribution is 5.94. The average molecular weight is 365 g/mol. The van der Waals surface area contributed by atoms with E-state index in [0.29, 0.717) is 6.61 Å². The van der Waals surface area contributed by atoms with Crippen LogP contribution in [0.2, 0.25) is 0 Å². The molecule has 2 aliphatic rings. The topological polar surface area (TPSA) is 67.0 Å². The maximum atomic E-state index is 12.9. The van der Waals surface area contributed by atoms with E-state index in [2.05, 4.69) is 40.6 Å². The summed E-state index contributed by atoms with van der Waals surface area (Å²) in [6.07, 6.45) is 8.35. The number of carbonyl (C=O) groups excluding carboxylic acids is 1. The lowest BCUT2D eigenvalue weighted by atomic mass is 9.79. The molecule has 0 amide bonds. The first kappa shape index (κ1) is 17.8. The summed E-state index contributed by atoms with van der Waals surface area (Å²) in [5, 5.41) is 10.7. The van der Waals surface area contributed by atoms with Crippen molar-refractivity contribution in [2.24, 2.45) is 0 Å². The molecule has 1 aromatic heterocycles. The Bertz CT molecular complexity index is 881. The van der Waals surface area contributed by atoms with Crippen molar-refractivity contribution in [3.63, 3.8) is 0 Å². The fourth-order valence-corrected chi connectivity index (χ4v) is 4.34. The zero-order chi connectivity index (χ0) is 18.8. The van der Waals surface area contributed by atoms with Crippen LogP contribution in [0.3, 0.4) is 0 Å². The molecule has 27 heavy (non-hydrogen) atoms. The summed E-state index contributed by atoms with van der Waals surface area (Å²) in [6, 6.07) is 6.72. The van der Waals surface area contributed by atoms with Crippen LogP contribution >= 0.6 is 0 Å². The van der Waals surface area contributed by atoms with Crippen LogP contribution < -0.4 is 5.32 Å². The molecule has 142 valence electrons. The van der Waals surface area contributed by atoms with Gasteiger partial charge in [-0.3, -0.25) is 5.10 Å². The summed E-state index contributed by atoms with van der Waals surface area (Å²) < 4.78 is 5.45. The molecule has 5 nitrogen and oxygen atoms in total. The quantitative estimate of drug-likeness (QED) is 0.768. The van der Waals surface area contributed by atoms with Crippen LogP contribution in [0.15, 0.2) is 35.7 Å². The smallest absolute Gasteiger partial charge is 0.336 e. The molecule has 0 bridgehead atoms. The van der Waals surface area contributed by atoms with Crippen LogP contribution in [-0.2, 0) is 22.4 Å². The van der Waals surface area contributed by atoms with Gasteiger partial charge in [-0.1, -0.05) is 31.5 Å². The number of nitrogens with one attached hydrogen (secondary N) is 2. The van der Waals surface area contributed by atoms with Gasteiger partial charge in [0.1, 0.15) is 5.82 Å². The summed E-state index contributed by atoms with van der Waals surface area (Å²) in [5.41, 5.74) is 6.69. The van der Waals surface area contributed by atoms with E-state index in [0.717, 1.165) is 53.9 Å². The summed E-state index contributed by atoms with van der Waals surface area (Å²) in [4.78, 5) is 12.9. The second-order valence-corrected chi connectivity index (χ2v) is 7.36. The number of H-pyrrole nitrogens is 1. The Morgan fingerprint density at radius 3 is 2.81 bits per heavy atom. The van der Waals surface area contributed by atoms with Crippen molar-refractivity contribution in [3.05, 3.63) is 57.9 Å². The van der Waals surface area contributed by atoms with Gasteiger partial charge >= 0.3 is 5.97 Å². The molecule has 1 unspecified atom stereocenters. The monoisotopic (exact) mass is 365 g/mol. The Morgan fingerprint density at radius 1 is 1.22 bits per heavy atom. The lowest BCUT2D eigenvalue weighted by Gasteiger charge is -2.29. The van der Waals surface area contributed by atoms with Crippen LogP contribution in [0, 0.1) is 0 Å². The standard InChI is InChI=1S/C22H27N3O2/c1-3-7-18-20(22(26)27-4-2)19(17-13-23-25-21(17)24-18)16-11-10-14-8-5-6-9-15(14)12-16/h10-13,19H,3-9H2,1-2H3,(H2,23,24,25). The molecule has 0 saturated carbocycles. The number of hydrogen-bond donors (Lipinski definition) is 2. The van der Waals surface area contributed by atoms with Crippen LogP contribution in [0.5, 0.6) is 0 Å². The lowest BCUT2D eigenvalue weighted by Crippen LogP contribution is -2.25. The number of benzene rings is 1. The molecular formula is C22H27N3O2. The Kier molecular flexibility index (Phi) is 5.01. The van der Waals surface area contributed by atoms with Gasteiger partial charge in [-0.15, -0.1) is 0 Å². The minimum absolute atomic E-state index is 0.146. The molecule has 1 aromatic carbocycles. The number of aromatic amines is 1. The summed E-state index contributed by atoms with van der Waals surface area (Å²) in [5.74, 6) is 0.505. The van der Waals surface area contributed by atoms with Crippen molar-refractivity contribution in [2.45, 2.75) is 58.3 Å². The van der Waals surface area contributed by atoms with Crippen molar-refractivity contribution in [2.75, 3.05) is 11.9 Å². The molecule has 0 radical (unpaired) electrons. The molecule has 1 atom stereocenters. The molecule has 1 aliphatic heterocycles. The largest absolute Gasteiger partial charge is 0.463 e. The van der Waals surface area contributed by atoms with Gasteiger partial charge in [-0.05, 0) is 55.7 Å². The number of nitrogens with zero attached hydrogens (tertiary/aromatic N) is 1. The fourth-order valence-electron chi connectivity index (χ4n) is 4.34. The average Bonchev–Trinajstić information content (AvgIpc) is 3.15. The fraction of sp³-hybridized carbons (Fsp3) is 0.455. The van der Waals surface area contributed by atoms with E-state index in [9.17, 15) is 4.79 Å². The molecule has 2 heterocycles. The predicted octanol–water partition coefficient (Wildman–Crippen LogP) is 4.46. The van der Waals surface area contributed by atoms with E-state index in [1.807, 2.05) is 13.1 Å². The highest BCUT2D eigenvalue weighted by Gasteiger charge is 2.35. The zero-order valence-corrected chi connectivity index (χ0v) is 16.1. The van der Waals surface area contributed by atoms with Crippen LogP contribution in [0.4, 0.5) is 5.82 Å². The number of aromatic nitrogens is 2. The lowest BCUT2D eigenvalue weighted by molar-refractivity contribution is -0.138. The minimum Gasteiger partial charge on any atom is -0.463 e. The van der Waals surface area contributed by atoms with Gasteiger partial charge in [0.15, 0.2) is 0 Å². The molecule has 2 aromatic rings. The molecule has 4 rings (SSSR count). The highest BCUT2D eigenvalue weighted by Crippen LogP contribution is 2.43. The second kappa shape index (κ2) is 7.59. The van der Waals surface area contributed by atoms with Gasteiger partial charge in [0.2, 0.25) is 0 Å². The van der Waals surface area contributed by atoms with Crippen LogP contribution in [-0.4, -0.2) is 22.8 Å². The van der Waals surface area contributed by atoms with Crippen molar-refractivity contribution >= 4 is 11.8 Å². The molecular weight excluding hydrogens is 338 g/mol. The first-order valence-corrected chi connectivity index (χ1v) is 10.0. The number of rotatable bonds is 5. The normalized spacial score (nSPS) is 18.5. The maximum Gasteiger partial charge on any atom is 0.336 e. The van der Waals surface area contributed by atoms with Crippen molar-refractivity contribution < 1.29 is 9.53 Å². The van der Waals surface area contributed by atoms with Gasteiger partial charge < -0.3 is 10.1 Å². The van der Waals surface area contributed by atoms with E-state index in [-0.39, 0.29) is 11.9 Å². The number of ether oxygens (including phenoxy) is 1. The highest BCUT2D eigenvalue weighted by atomic mass is 16.5. The van der Waals surface area contributed by atoms with Gasteiger partial charge in [-0.2, -0.15) is 5.10 Å². The summed E-state index contributed by atoms with van der Waals surface area (Å²) in [7, 11) is 0. The van der Waals surface area contributed by atoms with Gasteiger partial charge in [0, 0.05) is 17.2 Å². The molecule has 5 heteroatoms. The van der Waals surface area contributed by atoms with Gasteiger partial charge in [0.25, 0.3) is 0 Å². The van der Waals surface area contributed by atoms with Crippen molar-refractivity contribution in [1.82, 2.24) is 10.2 Å². The van der Waals surface area contributed by atoms with Gasteiger partial charge in [0.05, 0.1) is 18.4 Å². The molecule has 1 aliphatic carbocycles. The third kappa shape index (κ3) is 3.27. The van der Waals surface area contributed by atoms with E-state index >= 15 is 0 Å². The Balaban J connectivity index is 1.85. The minimum atomic E-state index is -0.233. The third-order valence-electron chi connectivity index (χ3n) is 5.57. The molecule has 2 N–H and O–H groups in total. The van der Waals surface area contributed by atoms with E-state index in [1.54, 1.807) is 0 Å². The van der Waals surface area contributed by atoms with Crippen molar-refractivity contribution in [1.29, 1.82) is 0 Å². The first-order valence-electron chi connectivity index (χ1n) is 10.0. The van der Waals surface area contributed by atoms with E-state index in [4.69, 9.17) is 4.74 Å². The van der Waals surface area contributed by atoms with Crippen LogP contribution in [0.25, 0.3) is 0 Å². The van der Waals surface area contributed by atoms with Crippen molar-refractivity contribution in [3.8, 4) is 0 Å². The number of hydrogen-bond acceptors (Lipinski definition) is 4. The van der Waals surface area contributed by atoms with E-state index in [1.165, 1.54) is 24.0 Å². The number of fused-ring (bicyclic) bond motifs is 2. The number of aryl methyl sites for hydroxylation is 2. The summed E-state index contributed by atoms with van der Waals surface area (Å²) in [6.45, 7) is 4.34. The first-order chi connectivity index (χ1) is 13.2. The number of carbonyl (C=O) groups is 1. The Morgan fingerprint density at radius 2 is 2.04 bits per heavy atom. The third-order valence-corrected chi connectivity index (χ3v) is 5.57. The SMILES string of the molecule is CCCC1=C(C(=O)OCC)C(c2ccc3c(c2)CCCC3)c2cn[nH]c2N1. The number of allylic oxidation sites excluding steroid dienone is 1. The van der Waals surface area contributed by atoms with E-state index < -0.39 is 0 Å². The zero-order valence-electron chi connectivity index (χ0n) is 16.1. The maximum absolute atomic E-state index is 12.9. The summed E-state index contributed by atoms with van der Waals surface area (Å²) >= 11 is 0. The molecule has 0 fully saturated rings. The second-order valence-electron chi connectivity index (χ2n) is 7.36. The molecule has 0 spiro atoms. The Hall–Kier alpha value is -2.56. The predicted molar refractivity (Wildman–Crippen MR) is 106 cm³/mol. The molecule has 0 saturated heterocycles. The van der Waals surface area contributed by atoms with Gasteiger partial charge in [-0.25, -0.2) is 4.79 Å².